The SMILES string of the molecule is O=Cc1ccc(OC(F)(C(F)(F)F)C(F)(F)F)cc1. The lowest BCUT2D eigenvalue weighted by Gasteiger charge is -2.29. The molecule has 0 radical (unpaired) electrons. The van der Waals surface area contributed by atoms with Gasteiger partial charge in [0.05, 0.1) is 0 Å². The molecule has 106 valence electrons. The molecule has 0 N–H and O–H groups in total. The van der Waals surface area contributed by atoms with Crippen LogP contribution < -0.4 is 4.74 Å². The largest absolute Gasteiger partial charge is 0.470 e. The van der Waals surface area contributed by atoms with E-state index < -0.39 is 24.0 Å². The van der Waals surface area contributed by atoms with Crippen LogP contribution in [0.4, 0.5) is 30.7 Å². The van der Waals surface area contributed by atoms with E-state index >= 15 is 0 Å². The molecule has 0 aliphatic carbocycles. The highest BCUT2D eigenvalue weighted by Crippen LogP contribution is 2.47. The van der Waals surface area contributed by atoms with Crippen molar-refractivity contribution in [3.05, 3.63) is 29.8 Å². The molecule has 19 heavy (non-hydrogen) atoms. The zero-order valence-electron chi connectivity index (χ0n) is 8.85. The second-order valence-electron chi connectivity index (χ2n) is 3.38. The average Bonchev–Trinajstić information content (AvgIpc) is 2.27. The first-order valence-corrected chi connectivity index (χ1v) is 4.58. The maximum atomic E-state index is 13.1. The summed E-state index contributed by atoms with van der Waals surface area (Å²) in [5.74, 6) is -6.83. The maximum absolute atomic E-state index is 13.1. The van der Waals surface area contributed by atoms with E-state index in [-0.39, 0.29) is 5.56 Å². The van der Waals surface area contributed by atoms with Crippen LogP contribution in [0, 0.1) is 0 Å². The Morgan fingerprint density at radius 2 is 1.26 bits per heavy atom. The molecule has 0 unspecified atom stereocenters. The second kappa shape index (κ2) is 4.71. The lowest BCUT2D eigenvalue weighted by Crippen LogP contribution is -2.57. The molecule has 0 aliphatic rings. The van der Waals surface area contributed by atoms with E-state index in [1.807, 2.05) is 0 Å². The number of ether oxygens (including phenoxy) is 1. The van der Waals surface area contributed by atoms with Gasteiger partial charge in [0.25, 0.3) is 0 Å². The predicted molar refractivity (Wildman–Crippen MR) is 48.4 cm³/mol. The van der Waals surface area contributed by atoms with Gasteiger partial charge in [0.1, 0.15) is 12.0 Å². The van der Waals surface area contributed by atoms with Gasteiger partial charge in [-0.2, -0.15) is 30.7 Å². The van der Waals surface area contributed by atoms with Crippen molar-refractivity contribution in [3.63, 3.8) is 0 Å². The summed E-state index contributed by atoms with van der Waals surface area (Å²) in [6.07, 6.45) is -12.3. The fourth-order valence-electron chi connectivity index (χ4n) is 1.05. The van der Waals surface area contributed by atoms with Crippen LogP contribution in [0.5, 0.6) is 5.75 Å². The number of rotatable bonds is 3. The third-order valence-electron chi connectivity index (χ3n) is 2.00. The number of hydrogen-bond acceptors (Lipinski definition) is 2. The van der Waals surface area contributed by atoms with Crippen molar-refractivity contribution in [2.75, 3.05) is 0 Å². The van der Waals surface area contributed by atoms with Gasteiger partial charge in [-0.15, -0.1) is 0 Å². The molecule has 0 amide bonds. The highest BCUT2D eigenvalue weighted by molar-refractivity contribution is 5.74. The van der Waals surface area contributed by atoms with E-state index in [0.29, 0.717) is 18.4 Å². The molecule has 0 aromatic heterocycles. The van der Waals surface area contributed by atoms with Crippen molar-refractivity contribution in [1.82, 2.24) is 0 Å². The smallest absolute Gasteiger partial charge is 0.444 e. The minimum atomic E-state index is -6.30. The van der Waals surface area contributed by atoms with Gasteiger partial charge in [-0.3, -0.25) is 4.79 Å². The summed E-state index contributed by atoms with van der Waals surface area (Å²) < 4.78 is 89.5. The molecule has 0 heterocycles. The zero-order valence-corrected chi connectivity index (χ0v) is 8.85. The molecule has 0 fully saturated rings. The summed E-state index contributed by atoms with van der Waals surface area (Å²) in [5.41, 5.74) is -0.0178. The van der Waals surface area contributed by atoms with Gasteiger partial charge in [0, 0.05) is 5.56 Å². The van der Waals surface area contributed by atoms with Crippen LogP contribution in [0.3, 0.4) is 0 Å². The van der Waals surface area contributed by atoms with Gasteiger partial charge in [-0.05, 0) is 24.3 Å². The molecule has 0 bridgehead atoms. The van der Waals surface area contributed by atoms with Crippen molar-refractivity contribution >= 4 is 6.29 Å². The molecule has 1 rings (SSSR count). The van der Waals surface area contributed by atoms with Crippen molar-refractivity contribution in [2.24, 2.45) is 0 Å². The van der Waals surface area contributed by atoms with Crippen LogP contribution in [0.15, 0.2) is 24.3 Å². The third kappa shape index (κ3) is 2.96. The summed E-state index contributed by atoms with van der Waals surface area (Å²) in [7, 11) is 0. The molecule has 1 aromatic carbocycles. The topological polar surface area (TPSA) is 26.3 Å². The van der Waals surface area contributed by atoms with Gasteiger partial charge in [-0.25, -0.2) is 0 Å². The van der Waals surface area contributed by atoms with E-state index in [0.717, 1.165) is 12.1 Å². The summed E-state index contributed by atoms with van der Waals surface area (Å²) in [4.78, 5) is 10.2. The lowest BCUT2D eigenvalue weighted by molar-refractivity contribution is -0.405. The number of carbonyl (C=O) groups excluding carboxylic acids is 1. The normalized spacial score (nSPS) is 13.2. The van der Waals surface area contributed by atoms with Gasteiger partial charge < -0.3 is 4.74 Å². The fraction of sp³-hybridized carbons (Fsp3) is 0.300. The molecule has 0 atom stereocenters. The predicted octanol–water partition coefficient (Wildman–Crippen LogP) is 3.67. The van der Waals surface area contributed by atoms with Crippen LogP contribution in [-0.2, 0) is 0 Å². The van der Waals surface area contributed by atoms with Gasteiger partial charge >= 0.3 is 18.2 Å². The Kier molecular flexibility index (Phi) is 3.78. The Labute approximate surface area is 101 Å². The van der Waals surface area contributed by atoms with E-state index in [9.17, 15) is 35.5 Å². The Hall–Kier alpha value is -1.80. The molecule has 2 nitrogen and oxygen atoms in total. The van der Waals surface area contributed by atoms with Crippen LogP contribution in [-0.4, -0.2) is 24.5 Å². The first-order chi connectivity index (χ1) is 8.51. The molecule has 0 spiro atoms. The maximum Gasteiger partial charge on any atom is 0.470 e. The number of halogens is 7. The standard InChI is InChI=1S/C10H5F7O2/c11-8(9(12,13)14,10(15,16)17)19-7-3-1-6(5-18)2-4-7/h1-5H. The first kappa shape index (κ1) is 15.3. The second-order valence-corrected chi connectivity index (χ2v) is 3.38. The Balaban J connectivity index is 3.12. The van der Waals surface area contributed by atoms with Crippen LogP contribution in [0.2, 0.25) is 0 Å². The van der Waals surface area contributed by atoms with Gasteiger partial charge in [0.2, 0.25) is 0 Å². The van der Waals surface area contributed by atoms with E-state index in [1.165, 1.54) is 0 Å². The molecule has 0 saturated heterocycles. The van der Waals surface area contributed by atoms with Crippen molar-refractivity contribution in [1.29, 1.82) is 0 Å². The molecular formula is C10H5F7O2. The number of hydrogen-bond donors (Lipinski definition) is 0. The Morgan fingerprint density at radius 3 is 1.58 bits per heavy atom. The molecule has 0 saturated carbocycles. The highest BCUT2D eigenvalue weighted by Gasteiger charge is 2.76. The number of alkyl halides is 7. The average molecular weight is 290 g/mol. The lowest BCUT2D eigenvalue weighted by atomic mass is 10.2. The van der Waals surface area contributed by atoms with Crippen LogP contribution in [0.25, 0.3) is 0 Å². The third-order valence-corrected chi connectivity index (χ3v) is 2.00. The number of aldehydes is 1. The van der Waals surface area contributed by atoms with E-state index in [2.05, 4.69) is 4.74 Å². The molecule has 0 aliphatic heterocycles. The molecular weight excluding hydrogens is 285 g/mol. The van der Waals surface area contributed by atoms with Crippen LogP contribution in [0.1, 0.15) is 10.4 Å². The number of carbonyl (C=O) groups is 1. The van der Waals surface area contributed by atoms with Gasteiger partial charge in [0.15, 0.2) is 0 Å². The van der Waals surface area contributed by atoms with Crippen molar-refractivity contribution < 1.29 is 40.3 Å². The van der Waals surface area contributed by atoms with Gasteiger partial charge in [-0.1, -0.05) is 0 Å². The Bertz CT molecular complexity index is 432. The minimum Gasteiger partial charge on any atom is -0.444 e. The van der Waals surface area contributed by atoms with E-state index in [4.69, 9.17) is 0 Å². The van der Waals surface area contributed by atoms with Crippen LogP contribution >= 0.6 is 0 Å². The summed E-state index contributed by atoms with van der Waals surface area (Å²) in [6, 6.07) is 3.01. The summed E-state index contributed by atoms with van der Waals surface area (Å²) in [5, 5.41) is 0. The van der Waals surface area contributed by atoms with E-state index in [1.54, 1.807) is 0 Å². The van der Waals surface area contributed by atoms with Crippen molar-refractivity contribution in [3.8, 4) is 5.75 Å². The fourth-order valence-corrected chi connectivity index (χ4v) is 1.05. The van der Waals surface area contributed by atoms with Crippen molar-refractivity contribution in [2.45, 2.75) is 18.2 Å². The minimum absolute atomic E-state index is 0.0178. The highest BCUT2D eigenvalue weighted by atomic mass is 19.4. The summed E-state index contributed by atoms with van der Waals surface area (Å²) in [6.45, 7) is 0. The quantitative estimate of drug-likeness (QED) is 0.627. The molecule has 1 aromatic rings. The zero-order chi connectivity index (χ0) is 14.9. The first-order valence-electron chi connectivity index (χ1n) is 4.58. The number of benzene rings is 1. The summed E-state index contributed by atoms with van der Waals surface area (Å²) >= 11 is 0. The monoisotopic (exact) mass is 290 g/mol. The Morgan fingerprint density at radius 1 is 0.842 bits per heavy atom. The molecule has 9 heteroatoms.